The van der Waals surface area contributed by atoms with E-state index in [0.717, 1.165) is 18.1 Å². The van der Waals surface area contributed by atoms with E-state index in [1.54, 1.807) is 0 Å². The average molecular weight is 286 g/mol. The number of benzene rings is 1. The summed E-state index contributed by atoms with van der Waals surface area (Å²) in [6, 6.07) is 8.54. The Labute approximate surface area is 117 Å². The molecule has 4 heteroatoms. The van der Waals surface area contributed by atoms with Crippen molar-refractivity contribution in [2.75, 3.05) is 0 Å². The summed E-state index contributed by atoms with van der Waals surface area (Å²) >= 11 is 0. The Bertz CT molecular complexity index is 370. The molecule has 1 aromatic rings. The average Bonchev–Trinajstić information content (AvgIpc) is 3.00. The van der Waals surface area contributed by atoms with Crippen LogP contribution in [-0.2, 0) is 0 Å². The maximum absolute atomic E-state index is 6.18. The molecule has 1 aromatic carbocycles. The smallest absolute Gasteiger partial charge is 0.242 e. The Morgan fingerprint density at radius 3 is 2.22 bits per heavy atom. The van der Waals surface area contributed by atoms with Crippen LogP contribution in [0.25, 0.3) is 0 Å². The molecule has 1 saturated carbocycles. The van der Waals surface area contributed by atoms with Gasteiger partial charge in [0.25, 0.3) is 0 Å². The van der Waals surface area contributed by atoms with E-state index >= 15 is 0 Å². The maximum Gasteiger partial charge on any atom is 0.242 e. The fourth-order valence-corrected chi connectivity index (χ4v) is 2.83. The van der Waals surface area contributed by atoms with Crippen LogP contribution in [0.15, 0.2) is 24.3 Å². The second-order valence-corrected chi connectivity index (χ2v) is 10.5. The van der Waals surface area contributed by atoms with Gasteiger partial charge in [-0.15, -0.1) is 12.4 Å². The Balaban J connectivity index is 0.00000162. The molecule has 2 rings (SSSR count). The van der Waals surface area contributed by atoms with E-state index < -0.39 is 8.32 Å². The van der Waals surface area contributed by atoms with Crippen molar-refractivity contribution in [3.8, 4) is 5.75 Å². The first-order chi connectivity index (χ1) is 7.94. The monoisotopic (exact) mass is 285 g/mol. The van der Waals surface area contributed by atoms with Gasteiger partial charge in [-0.3, -0.25) is 0 Å². The lowest BCUT2D eigenvalue weighted by molar-refractivity contribution is 0.555. The van der Waals surface area contributed by atoms with Crippen LogP contribution in [0.5, 0.6) is 5.75 Å². The molecular weight excluding hydrogens is 262 g/mol. The van der Waals surface area contributed by atoms with Gasteiger partial charge in [0.1, 0.15) is 5.75 Å². The van der Waals surface area contributed by atoms with Crippen LogP contribution < -0.4 is 10.2 Å². The summed E-state index contributed by atoms with van der Waals surface area (Å²) < 4.78 is 5.93. The van der Waals surface area contributed by atoms with E-state index in [9.17, 15) is 0 Å². The predicted octanol–water partition coefficient (Wildman–Crippen LogP) is 4.12. The molecule has 0 saturated heterocycles. The summed E-state index contributed by atoms with van der Waals surface area (Å²) in [4.78, 5) is 0. The predicted molar refractivity (Wildman–Crippen MR) is 81.9 cm³/mol. The van der Waals surface area contributed by atoms with Gasteiger partial charge >= 0.3 is 0 Å². The zero-order valence-electron chi connectivity index (χ0n) is 11.5. The van der Waals surface area contributed by atoms with Gasteiger partial charge in [-0.2, -0.15) is 0 Å². The normalized spacial score (nSPS) is 16.9. The lowest BCUT2D eigenvalue weighted by atomic mass is 10.0. The summed E-state index contributed by atoms with van der Waals surface area (Å²) in [5.74, 6) is 1.86. The van der Waals surface area contributed by atoms with Crippen molar-refractivity contribution in [2.24, 2.45) is 11.7 Å². The lowest BCUT2D eigenvalue weighted by Crippen LogP contribution is -2.29. The quantitative estimate of drug-likeness (QED) is 0.826. The standard InChI is InChI=1S/C14H23NOSi.ClH/c1-17(2,3)16-13-8-6-12(7-9-13)14(15)10-11-4-5-11;/h6-9,11,14H,4-5,10,15H2,1-3H3;1H/t14-;/m1./s1. The molecule has 0 bridgehead atoms. The van der Waals surface area contributed by atoms with E-state index in [4.69, 9.17) is 10.2 Å². The zero-order valence-corrected chi connectivity index (χ0v) is 13.3. The third-order valence-corrected chi connectivity index (χ3v) is 3.86. The third-order valence-electron chi connectivity index (χ3n) is 3.02. The number of hydrogen-bond acceptors (Lipinski definition) is 2. The minimum atomic E-state index is -1.49. The van der Waals surface area contributed by atoms with E-state index in [1.807, 2.05) is 0 Å². The summed E-state index contributed by atoms with van der Waals surface area (Å²) in [6.45, 7) is 6.58. The van der Waals surface area contributed by atoms with Crippen molar-refractivity contribution in [2.45, 2.75) is 44.9 Å². The van der Waals surface area contributed by atoms with Gasteiger partial charge in [0.15, 0.2) is 0 Å². The number of halogens is 1. The van der Waals surface area contributed by atoms with Crippen LogP contribution in [0, 0.1) is 5.92 Å². The van der Waals surface area contributed by atoms with Crippen molar-refractivity contribution >= 4 is 20.7 Å². The highest BCUT2D eigenvalue weighted by Crippen LogP contribution is 2.36. The van der Waals surface area contributed by atoms with Crippen LogP contribution in [0.4, 0.5) is 0 Å². The first-order valence-electron chi connectivity index (χ1n) is 6.48. The molecule has 0 unspecified atom stereocenters. The van der Waals surface area contributed by atoms with Gasteiger partial charge in [-0.1, -0.05) is 25.0 Å². The van der Waals surface area contributed by atoms with E-state index in [2.05, 4.69) is 43.9 Å². The van der Waals surface area contributed by atoms with Crippen LogP contribution in [-0.4, -0.2) is 8.32 Å². The molecule has 1 aliphatic rings. The third kappa shape index (κ3) is 5.00. The molecule has 18 heavy (non-hydrogen) atoms. The first kappa shape index (κ1) is 15.5. The second-order valence-electron chi connectivity index (χ2n) is 6.07. The number of nitrogens with two attached hydrogens (primary N) is 1. The molecule has 0 radical (unpaired) electrons. The van der Waals surface area contributed by atoms with Gasteiger partial charge in [-0.25, -0.2) is 0 Å². The first-order valence-corrected chi connectivity index (χ1v) is 9.89. The highest BCUT2D eigenvalue weighted by molar-refractivity contribution is 6.70. The van der Waals surface area contributed by atoms with E-state index in [1.165, 1.54) is 18.4 Å². The van der Waals surface area contributed by atoms with Crippen molar-refractivity contribution in [1.29, 1.82) is 0 Å². The molecule has 0 aliphatic heterocycles. The molecular formula is C14H24ClNOSi. The molecule has 0 heterocycles. The van der Waals surface area contributed by atoms with Crippen molar-refractivity contribution in [1.82, 2.24) is 0 Å². The molecule has 2 nitrogen and oxygen atoms in total. The fraction of sp³-hybridized carbons (Fsp3) is 0.571. The van der Waals surface area contributed by atoms with Gasteiger partial charge in [0.05, 0.1) is 0 Å². The Morgan fingerprint density at radius 2 is 1.78 bits per heavy atom. The zero-order chi connectivity index (χ0) is 12.5. The molecule has 0 spiro atoms. The van der Waals surface area contributed by atoms with Crippen LogP contribution >= 0.6 is 12.4 Å². The van der Waals surface area contributed by atoms with Gasteiger partial charge in [0.2, 0.25) is 8.32 Å². The molecule has 0 amide bonds. The van der Waals surface area contributed by atoms with E-state index in [-0.39, 0.29) is 18.4 Å². The SMILES string of the molecule is C[Si](C)(C)Oc1ccc([C@H](N)CC2CC2)cc1.Cl. The summed E-state index contributed by atoms with van der Waals surface area (Å²) in [5, 5.41) is 0. The summed E-state index contributed by atoms with van der Waals surface area (Å²) in [6.07, 6.45) is 3.86. The minimum absolute atomic E-state index is 0. The van der Waals surface area contributed by atoms with E-state index in [0.29, 0.717) is 0 Å². The number of rotatable bonds is 5. The molecule has 0 aromatic heterocycles. The van der Waals surface area contributed by atoms with Gasteiger partial charge in [0, 0.05) is 6.04 Å². The Morgan fingerprint density at radius 1 is 1.22 bits per heavy atom. The van der Waals surface area contributed by atoms with Gasteiger partial charge < -0.3 is 10.2 Å². The van der Waals surface area contributed by atoms with Crippen LogP contribution in [0.1, 0.15) is 30.9 Å². The van der Waals surface area contributed by atoms with Crippen molar-refractivity contribution < 1.29 is 4.43 Å². The maximum atomic E-state index is 6.18. The molecule has 1 fully saturated rings. The van der Waals surface area contributed by atoms with Crippen LogP contribution in [0.2, 0.25) is 19.6 Å². The Kier molecular flexibility index (Phi) is 5.26. The molecule has 1 atom stereocenters. The molecule has 102 valence electrons. The topological polar surface area (TPSA) is 35.2 Å². The number of hydrogen-bond donors (Lipinski definition) is 1. The highest BCUT2D eigenvalue weighted by Gasteiger charge is 2.24. The summed E-state index contributed by atoms with van der Waals surface area (Å²) in [7, 11) is -1.49. The largest absolute Gasteiger partial charge is 0.544 e. The van der Waals surface area contributed by atoms with Gasteiger partial charge in [-0.05, 0) is 49.7 Å². The molecule has 2 N–H and O–H groups in total. The summed E-state index contributed by atoms with van der Waals surface area (Å²) in [5.41, 5.74) is 7.42. The van der Waals surface area contributed by atoms with Crippen molar-refractivity contribution in [3.63, 3.8) is 0 Å². The highest BCUT2D eigenvalue weighted by atomic mass is 35.5. The second kappa shape index (κ2) is 6.09. The Hall–Kier alpha value is -0.513. The van der Waals surface area contributed by atoms with Crippen molar-refractivity contribution in [3.05, 3.63) is 29.8 Å². The lowest BCUT2D eigenvalue weighted by Gasteiger charge is -2.20. The fourth-order valence-electron chi connectivity index (χ4n) is 1.99. The minimum Gasteiger partial charge on any atom is -0.544 e. The molecule has 1 aliphatic carbocycles. The van der Waals surface area contributed by atoms with Crippen LogP contribution in [0.3, 0.4) is 0 Å².